The van der Waals surface area contributed by atoms with Crippen LogP contribution in [0.4, 0.5) is 13.2 Å². The van der Waals surface area contributed by atoms with Crippen LogP contribution in [0.2, 0.25) is 0 Å². The van der Waals surface area contributed by atoms with Crippen molar-refractivity contribution in [1.29, 1.82) is 0 Å². The molecule has 0 aliphatic carbocycles. The van der Waals surface area contributed by atoms with Crippen molar-refractivity contribution in [3.63, 3.8) is 0 Å². The van der Waals surface area contributed by atoms with Crippen LogP contribution < -0.4 is 4.74 Å². The highest BCUT2D eigenvalue weighted by Gasteiger charge is 2.30. The van der Waals surface area contributed by atoms with E-state index in [4.69, 9.17) is 4.74 Å². The number of ether oxygens (including phenoxy) is 1. The molecule has 0 fully saturated rings. The fourth-order valence-corrected chi connectivity index (χ4v) is 2.06. The van der Waals surface area contributed by atoms with E-state index in [1.54, 1.807) is 6.07 Å². The molecule has 118 valence electrons. The van der Waals surface area contributed by atoms with Crippen molar-refractivity contribution in [3.05, 3.63) is 65.2 Å². The van der Waals surface area contributed by atoms with Gasteiger partial charge in [-0.05, 0) is 49.5 Å². The van der Waals surface area contributed by atoms with Crippen LogP contribution in [0.3, 0.4) is 0 Å². The maximum atomic E-state index is 12.6. The fourth-order valence-electron chi connectivity index (χ4n) is 2.06. The van der Waals surface area contributed by atoms with Gasteiger partial charge in [0.2, 0.25) is 0 Å². The minimum Gasteiger partial charge on any atom is -0.489 e. The predicted octanol–water partition coefficient (Wildman–Crippen LogP) is 4.35. The smallest absolute Gasteiger partial charge is 0.416 e. The first-order valence-corrected chi connectivity index (χ1v) is 6.87. The summed E-state index contributed by atoms with van der Waals surface area (Å²) in [5, 5.41) is 0. The van der Waals surface area contributed by atoms with E-state index in [1.807, 2.05) is 38.4 Å². The monoisotopic (exact) mass is 309 g/mol. The summed E-state index contributed by atoms with van der Waals surface area (Å²) >= 11 is 0. The summed E-state index contributed by atoms with van der Waals surface area (Å²) in [5.74, 6) is 0.639. The Kier molecular flexibility index (Phi) is 5.08. The van der Waals surface area contributed by atoms with E-state index in [1.165, 1.54) is 6.07 Å². The lowest BCUT2D eigenvalue weighted by molar-refractivity contribution is -0.137. The van der Waals surface area contributed by atoms with Crippen molar-refractivity contribution < 1.29 is 17.9 Å². The van der Waals surface area contributed by atoms with Crippen LogP contribution in [0.15, 0.2) is 48.5 Å². The lowest BCUT2D eigenvalue weighted by Crippen LogP contribution is -2.10. The Hall–Kier alpha value is -2.01. The van der Waals surface area contributed by atoms with Crippen LogP contribution in [-0.2, 0) is 19.3 Å². The van der Waals surface area contributed by atoms with Gasteiger partial charge in [-0.25, -0.2) is 0 Å². The minimum atomic E-state index is -4.33. The standard InChI is InChI=1S/C17H18F3NO/c1-21(2)11-13-6-8-16(9-7-13)22-12-14-4-3-5-15(10-14)17(18,19)20/h3-10H,11-12H2,1-2H3. The van der Waals surface area contributed by atoms with Crippen molar-refractivity contribution in [3.8, 4) is 5.75 Å². The summed E-state index contributed by atoms with van der Waals surface area (Å²) in [6.07, 6.45) is -4.33. The lowest BCUT2D eigenvalue weighted by atomic mass is 10.1. The van der Waals surface area contributed by atoms with Gasteiger partial charge in [0, 0.05) is 6.54 Å². The van der Waals surface area contributed by atoms with Crippen molar-refractivity contribution in [2.45, 2.75) is 19.3 Å². The molecule has 5 heteroatoms. The third-order valence-corrected chi connectivity index (χ3v) is 3.08. The SMILES string of the molecule is CN(C)Cc1ccc(OCc2cccc(C(F)(F)F)c2)cc1. The Morgan fingerprint density at radius 2 is 1.64 bits per heavy atom. The van der Waals surface area contributed by atoms with E-state index in [9.17, 15) is 13.2 Å². The van der Waals surface area contributed by atoms with Gasteiger partial charge in [0.1, 0.15) is 12.4 Å². The predicted molar refractivity (Wildman–Crippen MR) is 79.6 cm³/mol. The number of hydrogen-bond acceptors (Lipinski definition) is 2. The average molecular weight is 309 g/mol. The second kappa shape index (κ2) is 6.83. The molecule has 0 unspecified atom stereocenters. The molecular weight excluding hydrogens is 291 g/mol. The lowest BCUT2D eigenvalue weighted by Gasteiger charge is -2.12. The Morgan fingerprint density at radius 3 is 2.23 bits per heavy atom. The van der Waals surface area contributed by atoms with Gasteiger partial charge in [-0.15, -0.1) is 0 Å². The number of alkyl halides is 3. The Bertz CT molecular complexity index is 606. The molecule has 22 heavy (non-hydrogen) atoms. The second-order valence-electron chi connectivity index (χ2n) is 5.37. The van der Waals surface area contributed by atoms with Crippen LogP contribution >= 0.6 is 0 Å². The van der Waals surface area contributed by atoms with E-state index in [0.717, 1.165) is 24.2 Å². The summed E-state index contributed by atoms with van der Waals surface area (Å²) < 4.78 is 43.4. The molecule has 0 aromatic heterocycles. The highest BCUT2D eigenvalue weighted by Crippen LogP contribution is 2.29. The molecule has 0 spiro atoms. The third kappa shape index (κ3) is 4.77. The molecule has 0 saturated heterocycles. The molecule has 0 amide bonds. The molecule has 0 heterocycles. The summed E-state index contributed by atoms with van der Waals surface area (Å²) in [4.78, 5) is 2.05. The van der Waals surface area contributed by atoms with Gasteiger partial charge >= 0.3 is 6.18 Å². The molecule has 0 N–H and O–H groups in total. The largest absolute Gasteiger partial charge is 0.489 e. The maximum Gasteiger partial charge on any atom is 0.416 e. The van der Waals surface area contributed by atoms with Gasteiger partial charge in [-0.2, -0.15) is 13.2 Å². The first-order chi connectivity index (χ1) is 10.3. The molecule has 2 aromatic rings. The molecule has 0 aliphatic rings. The van der Waals surface area contributed by atoms with Crippen molar-refractivity contribution in [2.75, 3.05) is 14.1 Å². The average Bonchev–Trinajstić information content (AvgIpc) is 2.45. The molecule has 0 radical (unpaired) electrons. The number of hydrogen-bond donors (Lipinski definition) is 0. The van der Waals surface area contributed by atoms with E-state index in [-0.39, 0.29) is 6.61 Å². The molecule has 0 saturated carbocycles. The molecular formula is C17H18F3NO. The number of rotatable bonds is 5. The molecule has 0 aliphatic heterocycles. The normalized spacial score (nSPS) is 11.7. The summed E-state index contributed by atoms with van der Waals surface area (Å²) in [6, 6.07) is 12.7. The van der Waals surface area contributed by atoms with E-state index < -0.39 is 11.7 Å². The van der Waals surface area contributed by atoms with Crippen LogP contribution in [0.5, 0.6) is 5.75 Å². The summed E-state index contributed by atoms with van der Waals surface area (Å²) in [5.41, 5.74) is 0.985. The zero-order chi connectivity index (χ0) is 16.2. The van der Waals surface area contributed by atoms with Crippen molar-refractivity contribution in [1.82, 2.24) is 4.90 Å². The van der Waals surface area contributed by atoms with E-state index in [0.29, 0.717) is 11.3 Å². The van der Waals surface area contributed by atoms with Crippen molar-refractivity contribution in [2.24, 2.45) is 0 Å². The van der Waals surface area contributed by atoms with Crippen LogP contribution in [-0.4, -0.2) is 19.0 Å². The van der Waals surface area contributed by atoms with Crippen LogP contribution in [0.25, 0.3) is 0 Å². The molecule has 2 aromatic carbocycles. The van der Waals surface area contributed by atoms with Crippen molar-refractivity contribution >= 4 is 0 Å². The molecule has 2 rings (SSSR count). The fraction of sp³-hybridized carbons (Fsp3) is 0.294. The summed E-state index contributed by atoms with van der Waals surface area (Å²) in [7, 11) is 3.97. The quantitative estimate of drug-likeness (QED) is 0.814. The number of halogens is 3. The van der Waals surface area contributed by atoms with Gasteiger partial charge < -0.3 is 9.64 Å². The Morgan fingerprint density at radius 1 is 0.955 bits per heavy atom. The summed E-state index contributed by atoms with van der Waals surface area (Å²) in [6.45, 7) is 0.935. The first kappa shape index (κ1) is 16.4. The van der Waals surface area contributed by atoms with E-state index >= 15 is 0 Å². The van der Waals surface area contributed by atoms with Gasteiger partial charge in [0.05, 0.1) is 5.56 Å². The van der Waals surface area contributed by atoms with Crippen LogP contribution in [0, 0.1) is 0 Å². The number of benzene rings is 2. The first-order valence-electron chi connectivity index (χ1n) is 6.87. The van der Waals surface area contributed by atoms with Gasteiger partial charge in [-0.3, -0.25) is 0 Å². The molecule has 2 nitrogen and oxygen atoms in total. The highest BCUT2D eigenvalue weighted by atomic mass is 19.4. The topological polar surface area (TPSA) is 12.5 Å². The maximum absolute atomic E-state index is 12.6. The van der Waals surface area contributed by atoms with Gasteiger partial charge in [0.25, 0.3) is 0 Å². The van der Waals surface area contributed by atoms with Crippen LogP contribution in [0.1, 0.15) is 16.7 Å². The number of nitrogens with zero attached hydrogens (tertiary/aromatic N) is 1. The zero-order valence-electron chi connectivity index (χ0n) is 12.5. The highest BCUT2D eigenvalue weighted by molar-refractivity contribution is 5.29. The third-order valence-electron chi connectivity index (χ3n) is 3.08. The molecule has 0 atom stereocenters. The minimum absolute atomic E-state index is 0.108. The molecule has 0 bridgehead atoms. The Labute approximate surface area is 128 Å². The second-order valence-corrected chi connectivity index (χ2v) is 5.37. The van der Waals surface area contributed by atoms with E-state index in [2.05, 4.69) is 4.90 Å². The Balaban J connectivity index is 1.98. The van der Waals surface area contributed by atoms with Gasteiger partial charge in [-0.1, -0.05) is 24.3 Å². The van der Waals surface area contributed by atoms with Gasteiger partial charge in [0.15, 0.2) is 0 Å². The zero-order valence-corrected chi connectivity index (χ0v) is 12.5.